The van der Waals surface area contributed by atoms with Crippen molar-refractivity contribution in [3.05, 3.63) is 46.3 Å². The molecule has 1 atom stereocenters. The number of likely N-dealkylation sites (N-methyl/N-ethyl adjacent to an activating group) is 1. The fraction of sp³-hybridized carbons (Fsp3) is 0.500. The van der Waals surface area contributed by atoms with Crippen LogP contribution in [0.1, 0.15) is 47.8 Å². The zero-order valence-electron chi connectivity index (χ0n) is 14.1. The van der Waals surface area contributed by atoms with E-state index in [1.165, 1.54) is 28.1 Å². The van der Waals surface area contributed by atoms with Crippen molar-refractivity contribution < 1.29 is 0 Å². The van der Waals surface area contributed by atoms with Gasteiger partial charge < -0.3 is 5.32 Å². The summed E-state index contributed by atoms with van der Waals surface area (Å²) in [5.74, 6) is 0.476. The molecule has 0 aliphatic rings. The van der Waals surface area contributed by atoms with Crippen molar-refractivity contribution in [3.8, 4) is 5.69 Å². The minimum atomic E-state index is 0.476. The Morgan fingerprint density at radius 2 is 1.90 bits per heavy atom. The summed E-state index contributed by atoms with van der Waals surface area (Å²) >= 11 is 0. The predicted octanol–water partition coefficient (Wildman–Crippen LogP) is 3.82. The third-order valence-corrected chi connectivity index (χ3v) is 4.12. The number of nitrogens with zero attached hydrogens (tertiary/aromatic N) is 2. The van der Waals surface area contributed by atoms with Crippen molar-refractivity contribution in [2.75, 3.05) is 13.1 Å². The highest BCUT2D eigenvalue weighted by Gasteiger charge is 2.18. The van der Waals surface area contributed by atoms with Crippen LogP contribution >= 0.6 is 0 Å². The highest BCUT2D eigenvalue weighted by molar-refractivity contribution is 5.45. The lowest BCUT2D eigenvalue weighted by Gasteiger charge is -2.14. The van der Waals surface area contributed by atoms with Crippen molar-refractivity contribution in [2.24, 2.45) is 0 Å². The molecule has 0 spiro atoms. The number of aromatic nitrogens is 2. The van der Waals surface area contributed by atoms with E-state index in [4.69, 9.17) is 5.10 Å². The lowest BCUT2D eigenvalue weighted by Crippen LogP contribution is -2.20. The van der Waals surface area contributed by atoms with E-state index in [-0.39, 0.29) is 0 Å². The van der Waals surface area contributed by atoms with Gasteiger partial charge in [0.15, 0.2) is 0 Å². The summed E-state index contributed by atoms with van der Waals surface area (Å²) in [6, 6.07) is 6.54. The number of hydrogen-bond donors (Lipinski definition) is 1. The van der Waals surface area contributed by atoms with Gasteiger partial charge in [0.25, 0.3) is 0 Å². The molecule has 1 aromatic carbocycles. The summed E-state index contributed by atoms with van der Waals surface area (Å²) in [5.41, 5.74) is 7.51. The van der Waals surface area contributed by atoms with Gasteiger partial charge >= 0.3 is 0 Å². The Morgan fingerprint density at radius 3 is 2.52 bits per heavy atom. The van der Waals surface area contributed by atoms with Gasteiger partial charge in [-0.25, -0.2) is 4.68 Å². The first-order valence-corrected chi connectivity index (χ1v) is 7.80. The van der Waals surface area contributed by atoms with Gasteiger partial charge in [-0.2, -0.15) is 5.10 Å². The Balaban J connectivity index is 2.43. The highest BCUT2D eigenvalue weighted by Crippen LogP contribution is 2.26. The molecule has 0 fully saturated rings. The topological polar surface area (TPSA) is 29.9 Å². The van der Waals surface area contributed by atoms with Crippen LogP contribution in [0.3, 0.4) is 0 Å². The molecule has 1 N–H and O–H groups in total. The van der Waals surface area contributed by atoms with Crippen LogP contribution in [0.2, 0.25) is 0 Å². The molecule has 1 heterocycles. The molecule has 0 aliphatic carbocycles. The number of nitrogens with one attached hydrogen (secondary N) is 1. The average Bonchev–Trinajstić information content (AvgIpc) is 2.71. The molecular weight excluding hydrogens is 258 g/mol. The first-order chi connectivity index (χ1) is 9.95. The molecule has 0 saturated heterocycles. The van der Waals surface area contributed by atoms with E-state index in [2.05, 4.69) is 69.7 Å². The molecular formula is C18H27N3. The number of rotatable bonds is 5. The molecule has 114 valence electrons. The first-order valence-electron chi connectivity index (χ1n) is 7.80. The second-order valence-corrected chi connectivity index (χ2v) is 5.99. The molecule has 3 heteroatoms. The van der Waals surface area contributed by atoms with E-state index in [9.17, 15) is 0 Å². The Labute approximate surface area is 128 Å². The summed E-state index contributed by atoms with van der Waals surface area (Å²) in [6.07, 6.45) is 0. The second-order valence-electron chi connectivity index (χ2n) is 5.99. The fourth-order valence-electron chi connectivity index (χ4n) is 3.11. The lowest BCUT2D eigenvalue weighted by molar-refractivity contribution is 0.630. The Hall–Kier alpha value is -1.61. The third-order valence-electron chi connectivity index (χ3n) is 4.12. The lowest BCUT2D eigenvalue weighted by atomic mass is 9.99. The van der Waals surface area contributed by atoms with Gasteiger partial charge in [0.05, 0.1) is 11.4 Å². The fourth-order valence-corrected chi connectivity index (χ4v) is 3.11. The van der Waals surface area contributed by atoms with E-state index in [1.54, 1.807) is 0 Å². The molecule has 2 rings (SSSR count). The van der Waals surface area contributed by atoms with Crippen LogP contribution in [-0.4, -0.2) is 22.9 Å². The predicted molar refractivity (Wildman–Crippen MR) is 89.5 cm³/mol. The smallest absolute Gasteiger partial charge is 0.0678 e. The Bertz CT molecular complexity index is 626. The third kappa shape index (κ3) is 3.18. The van der Waals surface area contributed by atoms with E-state index < -0.39 is 0 Å². The first kappa shape index (κ1) is 15.8. The molecule has 0 aliphatic heterocycles. The molecule has 21 heavy (non-hydrogen) atoms. The van der Waals surface area contributed by atoms with Crippen LogP contribution in [-0.2, 0) is 0 Å². The monoisotopic (exact) mass is 285 g/mol. The Morgan fingerprint density at radius 1 is 1.19 bits per heavy atom. The molecule has 1 aromatic heterocycles. The van der Waals surface area contributed by atoms with E-state index >= 15 is 0 Å². The van der Waals surface area contributed by atoms with Gasteiger partial charge in [0, 0.05) is 17.8 Å². The van der Waals surface area contributed by atoms with Gasteiger partial charge in [-0.05, 0) is 51.8 Å². The summed E-state index contributed by atoms with van der Waals surface area (Å²) < 4.78 is 2.10. The number of hydrogen-bond acceptors (Lipinski definition) is 2. The van der Waals surface area contributed by atoms with Crippen LogP contribution in [0.15, 0.2) is 18.2 Å². The molecule has 1 unspecified atom stereocenters. The summed E-state index contributed by atoms with van der Waals surface area (Å²) in [4.78, 5) is 0. The maximum absolute atomic E-state index is 4.79. The maximum atomic E-state index is 4.79. The molecule has 0 radical (unpaired) electrons. The van der Waals surface area contributed by atoms with Crippen molar-refractivity contribution in [3.63, 3.8) is 0 Å². The van der Waals surface area contributed by atoms with E-state index in [1.807, 2.05) is 0 Å². The largest absolute Gasteiger partial charge is 0.316 e. The molecule has 2 aromatic rings. The van der Waals surface area contributed by atoms with Crippen molar-refractivity contribution in [1.82, 2.24) is 15.1 Å². The zero-order valence-corrected chi connectivity index (χ0v) is 14.1. The van der Waals surface area contributed by atoms with Crippen LogP contribution in [0.25, 0.3) is 5.69 Å². The van der Waals surface area contributed by atoms with E-state index in [0.29, 0.717) is 5.92 Å². The zero-order chi connectivity index (χ0) is 15.6. The van der Waals surface area contributed by atoms with Gasteiger partial charge in [-0.1, -0.05) is 31.5 Å². The highest BCUT2D eigenvalue weighted by atomic mass is 15.3. The number of aryl methyl sites for hydroxylation is 3. The van der Waals surface area contributed by atoms with Crippen molar-refractivity contribution in [2.45, 2.75) is 47.5 Å². The average molecular weight is 285 g/mol. The summed E-state index contributed by atoms with van der Waals surface area (Å²) in [5, 5.41) is 8.22. The molecule has 3 nitrogen and oxygen atoms in total. The van der Waals surface area contributed by atoms with Crippen molar-refractivity contribution in [1.29, 1.82) is 0 Å². The minimum Gasteiger partial charge on any atom is -0.316 e. The molecule has 0 bridgehead atoms. The standard InChI is InChI=1S/C18H27N3/c1-7-19-11-14(4)18-15(5)20-21(16(18)6)17-9-8-12(2)10-13(17)3/h8-10,14,19H,7,11H2,1-6H3. The summed E-state index contributed by atoms with van der Waals surface area (Å²) in [7, 11) is 0. The molecule has 0 amide bonds. The maximum Gasteiger partial charge on any atom is 0.0678 e. The van der Waals surface area contributed by atoms with Crippen LogP contribution in [0.4, 0.5) is 0 Å². The van der Waals surface area contributed by atoms with Gasteiger partial charge in [-0.3, -0.25) is 0 Å². The SMILES string of the molecule is CCNCC(C)c1c(C)nn(-c2ccc(C)cc2C)c1C. The van der Waals surface area contributed by atoms with Gasteiger partial charge in [0.2, 0.25) is 0 Å². The minimum absolute atomic E-state index is 0.476. The van der Waals surface area contributed by atoms with Gasteiger partial charge in [0.1, 0.15) is 0 Å². The molecule has 0 saturated carbocycles. The van der Waals surface area contributed by atoms with Gasteiger partial charge in [-0.15, -0.1) is 0 Å². The second kappa shape index (κ2) is 6.44. The normalized spacial score (nSPS) is 12.7. The Kier molecular flexibility index (Phi) is 4.84. The van der Waals surface area contributed by atoms with Crippen LogP contribution < -0.4 is 5.32 Å². The quantitative estimate of drug-likeness (QED) is 0.905. The summed E-state index contributed by atoms with van der Waals surface area (Å²) in [6.45, 7) is 15.0. The van der Waals surface area contributed by atoms with Crippen LogP contribution in [0.5, 0.6) is 0 Å². The van der Waals surface area contributed by atoms with Crippen LogP contribution in [0, 0.1) is 27.7 Å². The number of benzene rings is 1. The van der Waals surface area contributed by atoms with E-state index in [0.717, 1.165) is 18.8 Å². The van der Waals surface area contributed by atoms with Crippen molar-refractivity contribution >= 4 is 0 Å².